The highest BCUT2D eigenvalue weighted by atomic mass is 32.1. The zero-order valence-electron chi connectivity index (χ0n) is 17.1. The standard InChI is InChI=1S/C22H21N3O3S2/c1-12(26)19-7-8-21(30-19)20-6-5-14(29-20)11-23-22-15-9-17(27-3)18(28-4)10-16(15)24-13(2)25-22/h5-10H,11H2,1-4H3,(H,23,24,25). The van der Waals surface area contributed by atoms with Gasteiger partial charge in [-0.1, -0.05) is 0 Å². The number of ether oxygens (including phenoxy) is 2. The van der Waals surface area contributed by atoms with Crippen molar-refractivity contribution >= 4 is 45.2 Å². The van der Waals surface area contributed by atoms with Crippen LogP contribution in [0, 0.1) is 6.92 Å². The van der Waals surface area contributed by atoms with Crippen molar-refractivity contribution in [3.05, 3.63) is 52.0 Å². The molecule has 6 nitrogen and oxygen atoms in total. The van der Waals surface area contributed by atoms with E-state index in [0.29, 0.717) is 23.9 Å². The molecule has 0 aliphatic rings. The fourth-order valence-corrected chi connectivity index (χ4v) is 5.08. The van der Waals surface area contributed by atoms with E-state index in [9.17, 15) is 4.79 Å². The summed E-state index contributed by atoms with van der Waals surface area (Å²) in [6.07, 6.45) is 0. The molecule has 154 valence electrons. The number of benzene rings is 1. The SMILES string of the molecule is COc1cc2nc(C)nc(NCc3ccc(-c4ccc(C(C)=O)s4)s3)c2cc1OC. The minimum atomic E-state index is 0.0998. The van der Waals surface area contributed by atoms with Crippen molar-refractivity contribution in [3.63, 3.8) is 0 Å². The largest absolute Gasteiger partial charge is 0.493 e. The highest BCUT2D eigenvalue weighted by Gasteiger charge is 2.13. The Morgan fingerprint density at radius 1 is 1.00 bits per heavy atom. The second-order valence-electron chi connectivity index (χ2n) is 6.68. The Labute approximate surface area is 182 Å². The Morgan fingerprint density at radius 3 is 2.40 bits per heavy atom. The van der Waals surface area contributed by atoms with Crippen LogP contribution in [0.4, 0.5) is 5.82 Å². The van der Waals surface area contributed by atoms with Crippen LogP contribution < -0.4 is 14.8 Å². The number of hydrogen-bond donors (Lipinski definition) is 1. The molecule has 0 aliphatic carbocycles. The lowest BCUT2D eigenvalue weighted by Gasteiger charge is -2.12. The summed E-state index contributed by atoms with van der Waals surface area (Å²) in [4.78, 5) is 24.9. The number of carbonyl (C=O) groups is 1. The molecule has 0 aliphatic heterocycles. The number of nitrogens with one attached hydrogen (secondary N) is 1. The van der Waals surface area contributed by atoms with Crippen LogP contribution in [0.2, 0.25) is 0 Å². The number of carbonyl (C=O) groups excluding carboxylic acids is 1. The summed E-state index contributed by atoms with van der Waals surface area (Å²) in [5.41, 5.74) is 0.796. The fraction of sp³-hybridized carbons (Fsp3) is 0.227. The Kier molecular flexibility index (Phi) is 5.69. The van der Waals surface area contributed by atoms with Gasteiger partial charge < -0.3 is 14.8 Å². The van der Waals surface area contributed by atoms with Gasteiger partial charge in [0, 0.05) is 26.1 Å². The number of anilines is 1. The number of methoxy groups -OCH3 is 2. The molecule has 0 fully saturated rings. The zero-order valence-corrected chi connectivity index (χ0v) is 18.7. The molecule has 0 atom stereocenters. The molecule has 4 aromatic rings. The minimum Gasteiger partial charge on any atom is -0.493 e. The molecule has 0 saturated heterocycles. The number of nitrogens with zero attached hydrogens (tertiary/aromatic N) is 2. The Balaban J connectivity index is 1.59. The molecule has 3 heterocycles. The quantitative estimate of drug-likeness (QED) is 0.380. The highest BCUT2D eigenvalue weighted by molar-refractivity contribution is 7.23. The van der Waals surface area contributed by atoms with Crippen LogP contribution in [-0.4, -0.2) is 30.0 Å². The van der Waals surface area contributed by atoms with Gasteiger partial charge in [-0.25, -0.2) is 9.97 Å². The zero-order chi connectivity index (χ0) is 21.3. The summed E-state index contributed by atoms with van der Waals surface area (Å²) < 4.78 is 10.8. The number of rotatable bonds is 7. The van der Waals surface area contributed by atoms with Crippen molar-refractivity contribution in [2.75, 3.05) is 19.5 Å². The van der Waals surface area contributed by atoms with E-state index < -0.39 is 0 Å². The maximum Gasteiger partial charge on any atom is 0.169 e. The maximum atomic E-state index is 11.6. The van der Waals surface area contributed by atoms with Crippen molar-refractivity contribution in [1.82, 2.24) is 9.97 Å². The van der Waals surface area contributed by atoms with Crippen molar-refractivity contribution in [3.8, 4) is 21.3 Å². The van der Waals surface area contributed by atoms with Gasteiger partial charge in [0.1, 0.15) is 11.6 Å². The van der Waals surface area contributed by atoms with E-state index in [1.54, 1.807) is 32.5 Å². The number of fused-ring (bicyclic) bond motifs is 1. The third kappa shape index (κ3) is 4.01. The first kappa shape index (κ1) is 20.3. The lowest BCUT2D eigenvalue weighted by atomic mass is 10.2. The number of hydrogen-bond acceptors (Lipinski definition) is 8. The summed E-state index contributed by atoms with van der Waals surface area (Å²) in [5.74, 6) is 2.81. The summed E-state index contributed by atoms with van der Waals surface area (Å²) in [5, 5.41) is 4.31. The Bertz CT molecular complexity index is 1230. The Morgan fingerprint density at radius 2 is 1.70 bits per heavy atom. The highest BCUT2D eigenvalue weighted by Crippen LogP contribution is 2.36. The Hall–Kier alpha value is -2.97. The van der Waals surface area contributed by atoms with Crippen LogP contribution >= 0.6 is 22.7 Å². The van der Waals surface area contributed by atoms with E-state index in [1.807, 2.05) is 31.2 Å². The summed E-state index contributed by atoms with van der Waals surface area (Å²) in [6.45, 7) is 4.10. The van der Waals surface area contributed by atoms with E-state index in [2.05, 4.69) is 27.4 Å². The third-order valence-corrected chi connectivity index (χ3v) is 7.07. The lowest BCUT2D eigenvalue weighted by molar-refractivity contribution is 0.102. The van der Waals surface area contributed by atoms with Crippen LogP contribution in [0.5, 0.6) is 11.5 Å². The van der Waals surface area contributed by atoms with E-state index in [1.165, 1.54) is 16.2 Å². The normalized spacial score (nSPS) is 10.9. The predicted octanol–water partition coefficient (Wildman–Crippen LogP) is 5.56. The molecule has 30 heavy (non-hydrogen) atoms. The molecule has 3 aromatic heterocycles. The first-order valence-corrected chi connectivity index (χ1v) is 11.0. The van der Waals surface area contributed by atoms with E-state index in [4.69, 9.17) is 9.47 Å². The molecular formula is C22H21N3O3S2. The van der Waals surface area contributed by atoms with Gasteiger partial charge in [-0.2, -0.15) is 0 Å². The average molecular weight is 440 g/mol. The molecule has 0 saturated carbocycles. The molecule has 8 heteroatoms. The van der Waals surface area contributed by atoms with Crippen LogP contribution in [0.3, 0.4) is 0 Å². The second-order valence-corrected chi connectivity index (χ2v) is 8.94. The van der Waals surface area contributed by atoms with Crippen LogP contribution in [0.25, 0.3) is 20.7 Å². The first-order chi connectivity index (χ1) is 14.5. The monoisotopic (exact) mass is 439 g/mol. The molecule has 0 bridgehead atoms. The minimum absolute atomic E-state index is 0.0998. The van der Waals surface area contributed by atoms with Gasteiger partial charge in [0.2, 0.25) is 0 Å². The van der Waals surface area contributed by atoms with Gasteiger partial charge in [0.15, 0.2) is 17.3 Å². The van der Waals surface area contributed by atoms with Crippen molar-refractivity contribution < 1.29 is 14.3 Å². The van der Waals surface area contributed by atoms with Gasteiger partial charge in [-0.05, 0) is 44.2 Å². The van der Waals surface area contributed by atoms with Crippen molar-refractivity contribution in [2.24, 2.45) is 0 Å². The second kappa shape index (κ2) is 8.41. The predicted molar refractivity (Wildman–Crippen MR) is 122 cm³/mol. The van der Waals surface area contributed by atoms with Crippen molar-refractivity contribution in [1.29, 1.82) is 0 Å². The van der Waals surface area contributed by atoms with Gasteiger partial charge >= 0.3 is 0 Å². The van der Waals surface area contributed by atoms with Crippen LogP contribution in [0.15, 0.2) is 36.4 Å². The number of Topliss-reactive ketones (excluding diaryl/α,β-unsaturated/α-hetero) is 1. The molecule has 1 N–H and O–H groups in total. The van der Waals surface area contributed by atoms with Gasteiger partial charge in [-0.15, -0.1) is 22.7 Å². The van der Waals surface area contributed by atoms with Gasteiger partial charge in [-0.3, -0.25) is 4.79 Å². The molecule has 4 rings (SSSR count). The van der Waals surface area contributed by atoms with E-state index >= 15 is 0 Å². The molecule has 0 unspecified atom stereocenters. The third-order valence-electron chi connectivity index (χ3n) is 4.60. The van der Waals surface area contributed by atoms with E-state index in [-0.39, 0.29) is 5.78 Å². The molecule has 0 radical (unpaired) electrons. The topological polar surface area (TPSA) is 73.3 Å². The number of ketones is 1. The first-order valence-electron chi connectivity index (χ1n) is 9.32. The summed E-state index contributed by atoms with van der Waals surface area (Å²) in [6, 6.07) is 11.8. The fourth-order valence-electron chi connectivity index (χ4n) is 3.14. The molecule has 1 aromatic carbocycles. The molecular weight excluding hydrogens is 418 g/mol. The number of thiophene rings is 2. The number of aryl methyl sites for hydroxylation is 1. The summed E-state index contributed by atoms with van der Waals surface area (Å²) >= 11 is 3.23. The smallest absolute Gasteiger partial charge is 0.169 e. The number of aromatic nitrogens is 2. The maximum absolute atomic E-state index is 11.6. The molecule has 0 spiro atoms. The van der Waals surface area contributed by atoms with E-state index in [0.717, 1.165) is 31.4 Å². The van der Waals surface area contributed by atoms with Gasteiger partial charge in [0.05, 0.1) is 31.2 Å². The van der Waals surface area contributed by atoms with Crippen LogP contribution in [-0.2, 0) is 6.54 Å². The lowest BCUT2D eigenvalue weighted by Crippen LogP contribution is -2.04. The molecule has 0 amide bonds. The van der Waals surface area contributed by atoms with Crippen molar-refractivity contribution in [2.45, 2.75) is 20.4 Å². The average Bonchev–Trinajstić information content (AvgIpc) is 3.40. The van der Waals surface area contributed by atoms with Gasteiger partial charge in [0.25, 0.3) is 0 Å². The summed E-state index contributed by atoms with van der Waals surface area (Å²) in [7, 11) is 3.22. The van der Waals surface area contributed by atoms with Crippen LogP contribution in [0.1, 0.15) is 27.3 Å².